The minimum atomic E-state index is -0.0994. The standard InChI is InChI=1S/C20H27N3O3/c1-13(24)22-10-14-9-16(12-22)18-8-7-17(20(26)23(18)11-14)21-19(25)15-5-3-2-4-6-15/h7-8,14-16H,2-6,9-12H2,1H3,(H,21,25). The molecule has 1 saturated carbocycles. The molecule has 2 bridgehead atoms. The lowest BCUT2D eigenvalue weighted by molar-refractivity contribution is -0.131. The van der Waals surface area contributed by atoms with E-state index in [0.29, 0.717) is 24.7 Å². The summed E-state index contributed by atoms with van der Waals surface area (Å²) in [6.07, 6.45) is 6.25. The third-order valence-electron chi connectivity index (χ3n) is 6.28. The maximum Gasteiger partial charge on any atom is 0.274 e. The molecular formula is C20H27N3O3. The van der Waals surface area contributed by atoms with Crippen molar-refractivity contribution < 1.29 is 9.59 Å². The fourth-order valence-electron chi connectivity index (χ4n) is 4.90. The molecule has 2 aliphatic heterocycles. The molecule has 1 aromatic heterocycles. The Labute approximate surface area is 153 Å². The summed E-state index contributed by atoms with van der Waals surface area (Å²) in [5.74, 6) is 0.648. The van der Waals surface area contributed by atoms with Crippen LogP contribution >= 0.6 is 0 Å². The summed E-state index contributed by atoms with van der Waals surface area (Å²) in [5, 5.41) is 2.89. The summed E-state index contributed by atoms with van der Waals surface area (Å²) < 4.78 is 1.83. The highest BCUT2D eigenvalue weighted by Gasteiger charge is 2.36. The van der Waals surface area contributed by atoms with Gasteiger partial charge in [0.05, 0.1) is 0 Å². The lowest BCUT2D eigenvalue weighted by Crippen LogP contribution is -2.48. The van der Waals surface area contributed by atoms with E-state index in [2.05, 4.69) is 5.32 Å². The Hall–Kier alpha value is -2.11. The van der Waals surface area contributed by atoms with Crippen LogP contribution in [0.2, 0.25) is 0 Å². The summed E-state index contributed by atoms with van der Waals surface area (Å²) >= 11 is 0. The number of amides is 2. The SMILES string of the molecule is CC(=O)N1CC2CC(C1)c1ccc(NC(=O)C3CCCCC3)c(=O)n1C2. The van der Waals surface area contributed by atoms with E-state index in [0.717, 1.165) is 44.3 Å². The smallest absolute Gasteiger partial charge is 0.274 e. The second kappa shape index (κ2) is 6.89. The van der Waals surface area contributed by atoms with Crippen molar-refractivity contribution in [3.8, 4) is 0 Å². The van der Waals surface area contributed by atoms with Gasteiger partial charge in [-0.25, -0.2) is 0 Å². The fraction of sp³-hybridized carbons (Fsp3) is 0.650. The zero-order valence-corrected chi connectivity index (χ0v) is 15.4. The molecule has 1 N–H and O–H groups in total. The van der Waals surface area contributed by atoms with Crippen LogP contribution < -0.4 is 10.9 Å². The van der Waals surface area contributed by atoms with E-state index in [1.54, 1.807) is 13.0 Å². The molecule has 0 aromatic carbocycles. The number of pyridine rings is 1. The van der Waals surface area contributed by atoms with E-state index >= 15 is 0 Å². The zero-order valence-electron chi connectivity index (χ0n) is 15.4. The summed E-state index contributed by atoms with van der Waals surface area (Å²) in [7, 11) is 0. The van der Waals surface area contributed by atoms with Crippen LogP contribution in [0.15, 0.2) is 16.9 Å². The van der Waals surface area contributed by atoms with Gasteiger partial charge in [0.2, 0.25) is 11.8 Å². The number of aromatic nitrogens is 1. The highest BCUT2D eigenvalue weighted by molar-refractivity contribution is 5.92. The quantitative estimate of drug-likeness (QED) is 0.883. The first-order valence-corrected chi connectivity index (χ1v) is 9.83. The predicted octanol–water partition coefficient (Wildman–Crippen LogP) is 2.33. The van der Waals surface area contributed by atoms with E-state index in [1.807, 2.05) is 15.5 Å². The van der Waals surface area contributed by atoms with E-state index in [9.17, 15) is 14.4 Å². The van der Waals surface area contributed by atoms with Crippen LogP contribution in [0.25, 0.3) is 0 Å². The first-order valence-electron chi connectivity index (χ1n) is 9.83. The van der Waals surface area contributed by atoms with E-state index in [-0.39, 0.29) is 29.2 Å². The number of carbonyl (C=O) groups is 2. The van der Waals surface area contributed by atoms with Gasteiger partial charge in [0.1, 0.15) is 5.69 Å². The van der Waals surface area contributed by atoms with Gasteiger partial charge in [-0.15, -0.1) is 0 Å². The van der Waals surface area contributed by atoms with Crippen LogP contribution in [0.5, 0.6) is 0 Å². The van der Waals surface area contributed by atoms with Crippen molar-refractivity contribution in [1.29, 1.82) is 0 Å². The molecule has 3 aliphatic rings. The van der Waals surface area contributed by atoms with Crippen molar-refractivity contribution in [2.75, 3.05) is 18.4 Å². The topological polar surface area (TPSA) is 71.4 Å². The maximum atomic E-state index is 12.9. The molecule has 0 spiro atoms. The molecule has 6 heteroatoms. The monoisotopic (exact) mass is 357 g/mol. The number of fused-ring (bicyclic) bond motifs is 4. The van der Waals surface area contributed by atoms with Crippen molar-refractivity contribution in [1.82, 2.24) is 9.47 Å². The van der Waals surface area contributed by atoms with Crippen molar-refractivity contribution in [2.24, 2.45) is 11.8 Å². The van der Waals surface area contributed by atoms with Gasteiger partial charge in [0.25, 0.3) is 5.56 Å². The third-order valence-corrected chi connectivity index (χ3v) is 6.28. The van der Waals surface area contributed by atoms with Crippen molar-refractivity contribution in [3.05, 3.63) is 28.2 Å². The number of hydrogen-bond acceptors (Lipinski definition) is 3. The average Bonchev–Trinajstić information content (AvgIpc) is 2.65. The van der Waals surface area contributed by atoms with Gasteiger partial charge in [-0.1, -0.05) is 19.3 Å². The zero-order chi connectivity index (χ0) is 18.3. The van der Waals surface area contributed by atoms with Crippen LogP contribution in [-0.4, -0.2) is 34.4 Å². The number of hydrogen-bond donors (Lipinski definition) is 1. The maximum absolute atomic E-state index is 12.9. The molecule has 4 rings (SSSR count). The van der Waals surface area contributed by atoms with Crippen LogP contribution in [0.1, 0.15) is 57.1 Å². The summed E-state index contributed by atoms with van der Waals surface area (Å²) in [6, 6.07) is 3.71. The first-order chi connectivity index (χ1) is 12.5. The number of anilines is 1. The van der Waals surface area contributed by atoms with Gasteiger partial charge in [0, 0.05) is 44.1 Å². The number of likely N-dealkylation sites (tertiary alicyclic amines) is 1. The number of rotatable bonds is 2. The molecule has 1 saturated heterocycles. The third kappa shape index (κ3) is 3.17. The Balaban J connectivity index is 1.56. The molecule has 26 heavy (non-hydrogen) atoms. The molecule has 2 amide bonds. The Kier molecular flexibility index (Phi) is 4.59. The normalized spacial score (nSPS) is 25.5. The first kappa shape index (κ1) is 17.3. The number of nitrogens with zero attached hydrogens (tertiary/aromatic N) is 2. The van der Waals surface area contributed by atoms with Gasteiger partial charge in [-0.05, 0) is 37.3 Å². The molecule has 2 unspecified atom stereocenters. The Morgan fingerprint density at radius 3 is 2.58 bits per heavy atom. The lowest BCUT2D eigenvalue weighted by Gasteiger charge is -2.42. The van der Waals surface area contributed by atoms with Gasteiger partial charge in [0.15, 0.2) is 0 Å². The van der Waals surface area contributed by atoms with Gasteiger partial charge in [-0.2, -0.15) is 0 Å². The van der Waals surface area contributed by atoms with Crippen molar-refractivity contribution in [3.63, 3.8) is 0 Å². The van der Waals surface area contributed by atoms with Crippen LogP contribution in [0.4, 0.5) is 5.69 Å². The predicted molar refractivity (Wildman–Crippen MR) is 99.0 cm³/mol. The highest BCUT2D eigenvalue weighted by Crippen LogP contribution is 2.35. The Bertz CT molecular complexity index is 779. The summed E-state index contributed by atoms with van der Waals surface area (Å²) in [6.45, 7) is 3.63. The molecule has 2 atom stereocenters. The minimum absolute atomic E-state index is 0.0129. The number of piperidine rings is 1. The minimum Gasteiger partial charge on any atom is -0.342 e. The van der Waals surface area contributed by atoms with Crippen molar-refractivity contribution in [2.45, 2.75) is 57.9 Å². The number of nitrogens with one attached hydrogen (secondary N) is 1. The molecule has 3 heterocycles. The lowest BCUT2D eigenvalue weighted by atomic mass is 9.83. The van der Waals surface area contributed by atoms with Crippen LogP contribution in [0.3, 0.4) is 0 Å². The van der Waals surface area contributed by atoms with Gasteiger partial charge in [-0.3, -0.25) is 14.4 Å². The largest absolute Gasteiger partial charge is 0.342 e. The second-order valence-corrected chi connectivity index (χ2v) is 8.13. The fourth-order valence-corrected chi connectivity index (χ4v) is 4.90. The van der Waals surface area contributed by atoms with Gasteiger partial charge >= 0.3 is 0 Å². The van der Waals surface area contributed by atoms with Crippen LogP contribution in [0, 0.1) is 11.8 Å². The molecule has 1 aliphatic carbocycles. The van der Waals surface area contributed by atoms with Gasteiger partial charge < -0.3 is 14.8 Å². The molecule has 2 fully saturated rings. The molecule has 140 valence electrons. The molecule has 6 nitrogen and oxygen atoms in total. The average molecular weight is 357 g/mol. The van der Waals surface area contributed by atoms with Crippen molar-refractivity contribution >= 4 is 17.5 Å². The summed E-state index contributed by atoms with van der Waals surface area (Å²) in [4.78, 5) is 39.1. The van der Waals surface area contributed by atoms with E-state index in [1.165, 1.54) is 6.42 Å². The Morgan fingerprint density at radius 1 is 1.08 bits per heavy atom. The molecule has 0 radical (unpaired) electrons. The highest BCUT2D eigenvalue weighted by atomic mass is 16.2. The molecule has 1 aromatic rings. The second-order valence-electron chi connectivity index (χ2n) is 8.13. The van der Waals surface area contributed by atoms with E-state index in [4.69, 9.17) is 0 Å². The summed E-state index contributed by atoms with van der Waals surface area (Å²) in [5.41, 5.74) is 1.29. The van der Waals surface area contributed by atoms with Crippen LogP contribution in [-0.2, 0) is 16.1 Å². The number of carbonyl (C=O) groups excluding carboxylic acids is 2. The molecular weight excluding hydrogens is 330 g/mol. The Morgan fingerprint density at radius 2 is 1.85 bits per heavy atom. The van der Waals surface area contributed by atoms with E-state index < -0.39 is 0 Å².